The summed E-state index contributed by atoms with van der Waals surface area (Å²) in [5, 5.41) is 0. The number of nitrogens with two attached hydrogens (primary N) is 1. The lowest BCUT2D eigenvalue weighted by molar-refractivity contribution is -0.187. The fraction of sp³-hybridized carbons (Fsp3) is 0.933. The normalized spacial score (nSPS) is 24.0. The molecule has 1 amide bonds. The van der Waals surface area contributed by atoms with E-state index in [1.165, 1.54) is 0 Å². The molecular formula is C15H27F3N2O. The molecule has 1 aliphatic rings. The zero-order chi connectivity index (χ0) is 16.3. The highest BCUT2D eigenvalue weighted by atomic mass is 19.4. The molecule has 2 unspecified atom stereocenters. The molecular weight excluding hydrogens is 281 g/mol. The van der Waals surface area contributed by atoms with Gasteiger partial charge in [0.1, 0.15) is 0 Å². The highest BCUT2D eigenvalue weighted by Gasteiger charge is 2.44. The summed E-state index contributed by atoms with van der Waals surface area (Å²) in [5.41, 5.74) is 5.46. The Morgan fingerprint density at radius 3 is 2.38 bits per heavy atom. The van der Waals surface area contributed by atoms with Crippen LogP contribution in [0.5, 0.6) is 0 Å². The first kappa shape index (κ1) is 18.3. The van der Waals surface area contributed by atoms with Crippen molar-refractivity contribution in [2.75, 3.05) is 19.6 Å². The number of carbonyl (C=O) groups excluding carboxylic acids is 1. The maximum absolute atomic E-state index is 12.8. The Labute approximate surface area is 125 Å². The first-order valence-electron chi connectivity index (χ1n) is 7.66. The van der Waals surface area contributed by atoms with Crippen molar-refractivity contribution in [2.24, 2.45) is 23.0 Å². The van der Waals surface area contributed by atoms with Crippen LogP contribution in [0.2, 0.25) is 0 Å². The van der Waals surface area contributed by atoms with Crippen LogP contribution < -0.4 is 5.73 Å². The lowest BCUT2D eigenvalue weighted by Crippen LogP contribution is -2.45. The standard InChI is InChI=1S/C15H27F3N2O/c1-4-20(10-14(2,3)9-19)13(21)11-6-5-7-12(8-11)15(16,17)18/h11-12H,4-10,19H2,1-3H3. The number of hydrogen-bond donors (Lipinski definition) is 1. The van der Waals surface area contributed by atoms with E-state index in [0.29, 0.717) is 32.5 Å². The van der Waals surface area contributed by atoms with E-state index in [1.54, 1.807) is 4.90 Å². The summed E-state index contributed by atoms with van der Waals surface area (Å²) >= 11 is 0. The average Bonchev–Trinajstić information content (AvgIpc) is 2.43. The molecule has 124 valence electrons. The van der Waals surface area contributed by atoms with E-state index in [0.717, 1.165) is 0 Å². The number of rotatable bonds is 5. The summed E-state index contributed by atoms with van der Waals surface area (Å²) < 4.78 is 38.5. The molecule has 1 aliphatic carbocycles. The van der Waals surface area contributed by atoms with Crippen molar-refractivity contribution in [3.8, 4) is 0 Å². The van der Waals surface area contributed by atoms with Gasteiger partial charge in [-0.25, -0.2) is 0 Å². The predicted molar refractivity (Wildman–Crippen MR) is 76.6 cm³/mol. The van der Waals surface area contributed by atoms with Crippen LogP contribution in [0.4, 0.5) is 13.2 Å². The Morgan fingerprint density at radius 2 is 1.90 bits per heavy atom. The molecule has 0 aromatic rings. The van der Waals surface area contributed by atoms with Crippen LogP contribution in [0.1, 0.15) is 46.5 Å². The van der Waals surface area contributed by atoms with Gasteiger partial charge in [-0.05, 0) is 38.1 Å². The maximum Gasteiger partial charge on any atom is 0.391 e. The number of alkyl halides is 3. The van der Waals surface area contributed by atoms with Gasteiger partial charge in [-0.2, -0.15) is 13.2 Å². The van der Waals surface area contributed by atoms with E-state index in [2.05, 4.69) is 0 Å². The molecule has 0 radical (unpaired) electrons. The van der Waals surface area contributed by atoms with Crippen LogP contribution in [0.15, 0.2) is 0 Å². The molecule has 3 nitrogen and oxygen atoms in total. The molecule has 0 spiro atoms. The van der Waals surface area contributed by atoms with E-state index in [4.69, 9.17) is 5.73 Å². The van der Waals surface area contributed by atoms with Gasteiger partial charge in [0.25, 0.3) is 0 Å². The molecule has 21 heavy (non-hydrogen) atoms. The Hall–Kier alpha value is -0.780. The van der Waals surface area contributed by atoms with Crippen LogP contribution in [0.25, 0.3) is 0 Å². The van der Waals surface area contributed by atoms with Gasteiger partial charge >= 0.3 is 6.18 Å². The summed E-state index contributed by atoms with van der Waals surface area (Å²) in [6.07, 6.45) is -3.08. The van der Waals surface area contributed by atoms with Crippen LogP contribution in [-0.2, 0) is 4.79 Å². The third-order valence-corrected chi connectivity index (χ3v) is 4.35. The van der Waals surface area contributed by atoms with Gasteiger partial charge in [-0.3, -0.25) is 4.79 Å². The van der Waals surface area contributed by atoms with Crippen molar-refractivity contribution in [3.63, 3.8) is 0 Å². The molecule has 1 rings (SSSR count). The summed E-state index contributed by atoms with van der Waals surface area (Å²) in [5.74, 6) is -1.98. The first-order chi connectivity index (χ1) is 9.60. The Bertz CT molecular complexity index is 355. The van der Waals surface area contributed by atoms with Crippen molar-refractivity contribution >= 4 is 5.91 Å². The molecule has 0 heterocycles. The Balaban J connectivity index is 2.71. The zero-order valence-electron chi connectivity index (χ0n) is 13.2. The van der Waals surface area contributed by atoms with Crippen LogP contribution in [0.3, 0.4) is 0 Å². The Morgan fingerprint density at radius 1 is 1.29 bits per heavy atom. The second-order valence-electron chi connectivity index (χ2n) is 6.82. The topological polar surface area (TPSA) is 46.3 Å². The minimum atomic E-state index is -4.19. The van der Waals surface area contributed by atoms with Crippen molar-refractivity contribution in [1.82, 2.24) is 4.90 Å². The number of amides is 1. The molecule has 0 bridgehead atoms. The fourth-order valence-electron chi connectivity index (χ4n) is 2.90. The second kappa shape index (κ2) is 6.99. The average molecular weight is 308 g/mol. The molecule has 0 aliphatic heterocycles. The maximum atomic E-state index is 12.8. The van der Waals surface area contributed by atoms with Crippen molar-refractivity contribution in [3.05, 3.63) is 0 Å². The summed E-state index contributed by atoms with van der Waals surface area (Å²) in [7, 11) is 0. The second-order valence-corrected chi connectivity index (χ2v) is 6.82. The molecule has 1 fully saturated rings. The van der Waals surface area contributed by atoms with E-state index in [-0.39, 0.29) is 24.2 Å². The van der Waals surface area contributed by atoms with E-state index < -0.39 is 18.0 Å². The molecule has 2 N–H and O–H groups in total. The lowest BCUT2D eigenvalue weighted by atomic mass is 9.80. The SMILES string of the molecule is CCN(CC(C)(C)CN)C(=O)C1CCCC(C(F)(F)F)C1. The zero-order valence-corrected chi connectivity index (χ0v) is 13.2. The third-order valence-electron chi connectivity index (χ3n) is 4.35. The van der Waals surface area contributed by atoms with Gasteiger partial charge in [0.2, 0.25) is 5.91 Å². The number of hydrogen-bond acceptors (Lipinski definition) is 2. The minimum absolute atomic E-state index is 0.0676. The highest BCUT2D eigenvalue weighted by Crippen LogP contribution is 2.40. The van der Waals surface area contributed by atoms with E-state index >= 15 is 0 Å². The fourth-order valence-corrected chi connectivity index (χ4v) is 2.90. The predicted octanol–water partition coefficient (Wildman–Crippen LogP) is 3.19. The van der Waals surface area contributed by atoms with Gasteiger partial charge in [0, 0.05) is 19.0 Å². The Kier molecular flexibility index (Phi) is 6.08. The van der Waals surface area contributed by atoms with Gasteiger partial charge in [0.15, 0.2) is 0 Å². The van der Waals surface area contributed by atoms with Gasteiger partial charge in [-0.15, -0.1) is 0 Å². The van der Waals surface area contributed by atoms with Crippen LogP contribution in [-0.4, -0.2) is 36.6 Å². The molecule has 2 atom stereocenters. The number of nitrogens with zero attached hydrogens (tertiary/aromatic N) is 1. The molecule has 6 heteroatoms. The van der Waals surface area contributed by atoms with Gasteiger partial charge < -0.3 is 10.6 Å². The summed E-state index contributed by atoms with van der Waals surface area (Å²) in [6, 6.07) is 0. The molecule has 1 saturated carbocycles. The monoisotopic (exact) mass is 308 g/mol. The van der Waals surface area contributed by atoms with E-state index in [1.807, 2.05) is 20.8 Å². The highest BCUT2D eigenvalue weighted by molar-refractivity contribution is 5.79. The third kappa shape index (κ3) is 5.16. The van der Waals surface area contributed by atoms with Crippen LogP contribution in [0, 0.1) is 17.3 Å². The van der Waals surface area contributed by atoms with Crippen molar-refractivity contribution < 1.29 is 18.0 Å². The summed E-state index contributed by atoms with van der Waals surface area (Å²) in [6.45, 7) is 7.22. The summed E-state index contributed by atoms with van der Waals surface area (Å²) in [4.78, 5) is 14.2. The quantitative estimate of drug-likeness (QED) is 0.848. The van der Waals surface area contributed by atoms with E-state index in [9.17, 15) is 18.0 Å². The molecule has 0 saturated heterocycles. The number of carbonyl (C=O) groups is 1. The van der Waals surface area contributed by atoms with Crippen molar-refractivity contribution in [1.29, 1.82) is 0 Å². The molecule has 0 aromatic heterocycles. The largest absolute Gasteiger partial charge is 0.391 e. The van der Waals surface area contributed by atoms with Crippen molar-refractivity contribution in [2.45, 2.75) is 52.6 Å². The number of halogens is 3. The first-order valence-corrected chi connectivity index (χ1v) is 7.66. The van der Waals surface area contributed by atoms with Gasteiger partial charge in [0.05, 0.1) is 5.92 Å². The van der Waals surface area contributed by atoms with Gasteiger partial charge in [-0.1, -0.05) is 20.3 Å². The van der Waals surface area contributed by atoms with Crippen LogP contribution >= 0.6 is 0 Å². The molecule has 0 aromatic carbocycles. The lowest BCUT2D eigenvalue weighted by Gasteiger charge is -2.36. The smallest absolute Gasteiger partial charge is 0.342 e. The minimum Gasteiger partial charge on any atom is -0.342 e.